The predicted octanol–water partition coefficient (Wildman–Crippen LogP) is 3.83. The predicted molar refractivity (Wildman–Crippen MR) is 99.0 cm³/mol. The van der Waals surface area contributed by atoms with Crippen molar-refractivity contribution in [3.63, 3.8) is 0 Å². The van der Waals surface area contributed by atoms with Gasteiger partial charge in [0, 0.05) is 25.0 Å². The fraction of sp³-hybridized carbons (Fsp3) is 0.333. The number of nitrogens with one attached hydrogen (secondary N) is 1. The van der Waals surface area contributed by atoms with Gasteiger partial charge in [-0.05, 0) is 48.7 Å². The molecule has 1 aromatic heterocycles. The van der Waals surface area contributed by atoms with E-state index >= 15 is 0 Å². The Kier molecular flexibility index (Phi) is 4.71. The van der Waals surface area contributed by atoms with E-state index in [1.54, 1.807) is 30.6 Å². The van der Waals surface area contributed by atoms with Crippen LogP contribution in [0.25, 0.3) is 6.08 Å². The summed E-state index contributed by atoms with van der Waals surface area (Å²) < 4.78 is 5.87. The minimum absolute atomic E-state index is 0.157. The van der Waals surface area contributed by atoms with Crippen LogP contribution in [-0.2, 0) is 6.54 Å². The molecule has 2 aromatic rings. The highest BCUT2D eigenvalue weighted by Crippen LogP contribution is 2.39. The van der Waals surface area contributed by atoms with Crippen LogP contribution >= 0.6 is 0 Å². The van der Waals surface area contributed by atoms with Crippen LogP contribution in [0.5, 0.6) is 11.5 Å². The zero-order chi connectivity index (χ0) is 17.9. The lowest BCUT2D eigenvalue weighted by Crippen LogP contribution is -2.30. The summed E-state index contributed by atoms with van der Waals surface area (Å²) in [6.45, 7) is 0.496. The first-order valence-electron chi connectivity index (χ1n) is 9.15. The fourth-order valence-electron chi connectivity index (χ4n) is 3.63. The first-order valence-corrected chi connectivity index (χ1v) is 9.15. The molecule has 2 N–H and O–H groups in total. The van der Waals surface area contributed by atoms with Crippen molar-refractivity contribution in [2.75, 3.05) is 0 Å². The number of rotatable bonds is 4. The molecule has 1 fully saturated rings. The van der Waals surface area contributed by atoms with Crippen molar-refractivity contribution in [3.05, 3.63) is 59.1 Å². The molecule has 2 heterocycles. The second-order valence-corrected chi connectivity index (χ2v) is 6.88. The lowest BCUT2D eigenvalue weighted by Gasteiger charge is -2.23. The Hall–Kier alpha value is -2.66. The van der Waals surface area contributed by atoms with Crippen molar-refractivity contribution in [2.45, 2.75) is 44.7 Å². The van der Waals surface area contributed by atoms with E-state index in [0.29, 0.717) is 29.5 Å². The Bertz CT molecular complexity index is 840. The van der Waals surface area contributed by atoms with Crippen LogP contribution in [0.15, 0.2) is 42.4 Å². The molecule has 0 saturated heterocycles. The van der Waals surface area contributed by atoms with Gasteiger partial charge in [0.15, 0.2) is 5.76 Å². The monoisotopic (exact) mass is 350 g/mol. The van der Waals surface area contributed by atoms with Gasteiger partial charge in [-0.15, -0.1) is 0 Å². The van der Waals surface area contributed by atoms with Crippen molar-refractivity contribution in [1.29, 1.82) is 0 Å². The number of phenols is 1. The van der Waals surface area contributed by atoms with E-state index in [4.69, 9.17) is 4.74 Å². The Morgan fingerprint density at radius 3 is 2.69 bits per heavy atom. The molecule has 0 atom stereocenters. The molecule has 4 rings (SSSR count). The van der Waals surface area contributed by atoms with Crippen molar-refractivity contribution in [1.82, 2.24) is 10.3 Å². The van der Waals surface area contributed by atoms with E-state index in [0.717, 1.165) is 18.4 Å². The largest absolute Gasteiger partial charge is 0.507 e. The molecule has 1 aliphatic heterocycles. The van der Waals surface area contributed by atoms with Crippen molar-refractivity contribution in [2.24, 2.45) is 0 Å². The van der Waals surface area contributed by atoms with Crippen LogP contribution in [-0.4, -0.2) is 21.9 Å². The van der Waals surface area contributed by atoms with Crippen LogP contribution in [0, 0.1) is 0 Å². The summed E-state index contributed by atoms with van der Waals surface area (Å²) in [5.74, 6) is 0.745. The molecular weight excluding hydrogens is 328 g/mol. The summed E-state index contributed by atoms with van der Waals surface area (Å²) >= 11 is 0. The second-order valence-electron chi connectivity index (χ2n) is 6.88. The third kappa shape index (κ3) is 3.35. The van der Waals surface area contributed by atoms with E-state index in [1.165, 1.54) is 19.3 Å². The number of benzene rings is 1. The summed E-state index contributed by atoms with van der Waals surface area (Å²) in [4.78, 5) is 16.6. The van der Waals surface area contributed by atoms with Gasteiger partial charge in [-0.1, -0.05) is 19.3 Å². The third-order valence-electron chi connectivity index (χ3n) is 5.09. The van der Waals surface area contributed by atoms with Crippen molar-refractivity contribution < 1.29 is 14.6 Å². The molecule has 26 heavy (non-hydrogen) atoms. The Labute approximate surface area is 152 Å². The molecule has 1 aliphatic carbocycles. The normalized spacial score (nSPS) is 18.8. The van der Waals surface area contributed by atoms with Gasteiger partial charge in [-0.25, -0.2) is 0 Å². The lowest BCUT2D eigenvalue weighted by molar-refractivity contribution is 0.101. The van der Waals surface area contributed by atoms with Gasteiger partial charge in [0.05, 0.1) is 11.1 Å². The lowest BCUT2D eigenvalue weighted by atomic mass is 9.95. The summed E-state index contributed by atoms with van der Waals surface area (Å²) in [6.07, 6.45) is 11.1. The number of ether oxygens (including phenoxy) is 1. The van der Waals surface area contributed by atoms with Crippen LogP contribution in [0.4, 0.5) is 0 Å². The highest BCUT2D eigenvalue weighted by Gasteiger charge is 2.31. The molecule has 0 unspecified atom stereocenters. The maximum absolute atomic E-state index is 12.7. The molecule has 0 radical (unpaired) electrons. The number of carbonyl (C=O) groups excluding carboxylic acids is 1. The molecule has 0 bridgehead atoms. The highest BCUT2D eigenvalue weighted by molar-refractivity contribution is 6.14. The van der Waals surface area contributed by atoms with Crippen LogP contribution in [0.3, 0.4) is 0 Å². The van der Waals surface area contributed by atoms with Gasteiger partial charge in [-0.3, -0.25) is 9.78 Å². The van der Waals surface area contributed by atoms with E-state index < -0.39 is 0 Å². The maximum Gasteiger partial charge on any atom is 0.231 e. The number of nitrogens with zero attached hydrogens (tertiary/aromatic N) is 1. The van der Waals surface area contributed by atoms with Crippen LogP contribution in [0.2, 0.25) is 0 Å². The quantitative estimate of drug-likeness (QED) is 0.820. The highest BCUT2D eigenvalue weighted by atomic mass is 16.5. The van der Waals surface area contributed by atoms with E-state index in [2.05, 4.69) is 10.3 Å². The van der Waals surface area contributed by atoms with Crippen molar-refractivity contribution >= 4 is 11.9 Å². The van der Waals surface area contributed by atoms with E-state index in [-0.39, 0.29) is 17.3 Å². The number of ketones is 1. The summed E-state index contributed by atoms with van der Waals surface area (Å²) in [7, 11) is 0. The number of hydrogen-bond acceptors (Lipinski definition) is 5. The van der Waals surface area contributed by atoms with E-state index in [9.17, 15) is 9.90 Å². The molecule has 134 valence electrons. The zero-order valence-electron chi connectivity index (χ0n) is 14.6. The standard InChI is InChI=1S/C21H22N2O3/c24-18-7-6-16-20(25)19(12-14-8-10-22-11-9-14)26-21(16)17(18)13-23-15-4-2-1-3-5-15/h6-12,15,23-24H,1-5,13H2/b19-12-. The second kappa shape index (κ2) is 7.30. The smallest absolute Gasteiger partial charge is 0.231 e. The average Bonchev–Trinajstić information content (AvgIpc) is 2.98. The first kappa shape index (κ1) is 16.8. The SMILES string of the molecule is O=C1/C(=C/c2ccncc2)Oc2c1ccc(O)c2CNC1CCCCC1. The van der Waals surface area contributed by atoms with Gasteiger partial charge >= 0.3 is 0 Å². The first-order chi connectivity index (χ1) is 12.7. The zero-order valence-corrected chi connectivity index (χ0v) is 14.6. The van der Waals surface area contributed by atoms with Crippen LogP contribution < -0.4 is 10.1 Å². The van der Waals surface area contributed by atoms with Crippen LogP contribution in [0.1, 0.15) is 53.6 Å². The Balaban J connectivity index is 1.58. The number of hydrogen-bond donors (Lipinski definition) is 2. The number of phenolic OH excluding ortho intramolecular Hbond substituents is 1. The molecular formula is C21H22N2O3. The van der Waals surface area contributed by atoms with Gasteiger partial charge in [-0.2, -0.15) is 0 Å². The van der Waals surface area contributed by atoms with Gasteiger partial charge < -0.3 is 15.2 Å². The Morgan fingerprint density at radius 1 is 1.15 bits per heavy atom. The number of carbonyl (C=O) groups is 1. The van der Waals surface area contributed by atoms with Gasteiger partial charge in [0.1, 0.15) is 11.5 Å². The number of allylic oxidation sites excluding steroid dienone is 1. The molecule has 1 saturated carbocycles. The number of aromatic hydroxyl groups is 1. The molecule has 0 amide bonds. The molecule has 2 aliphatic rings. The molecule has 1 aromatic carbocycles. The van der Waals surface area contributed by atoms with Crippen molar-refractivity contribution in [3.8, 4) is 11.5 Å². The topological polar surface area (TPSA) is 71.5 Å². The summed E-state index contributed by atoms with van der Waals surface area (Å²) in [5, 5.41) is 13.8. The van der Waals surface area contributed by atoms with Gasteiger partial charge in [0.25, 0.3) is 0 Å². The minimum Gasteiger partial charge on any atom is -0.507 e. The Morgan fingerprint density at radius 2 is 1.92 bits per heavy atom. The fourth-order valence-corrected chi connectivity index (χ4v) is 3.63. The van der Waals surface area contributed by atoms with E-state index in [1.807, 2.05) is 12.1 Å². The number of fused-ring (bicyclic) bond motifs is 1. The maximum atomic E-state index is 12.7. The minimum atomic E-state index is -0.157. The number of pyridine rings is 1. The molecule has 5 heteroatoms. The number of aromatic nitrogens is 1. The molecule has 0 spiro atoms. The summed E-state index contributed by atoms with van der Waals surface area (Å²) in [5.41, 5.74) is 2.00. The van der Waals surface area contributed by atoms with Gasteiger partial charge in [0.2, 0.25) is 5.78 Å². The average molecular weight is 350 g/mol. The molecule has 5 nitrogen and oxygen atoms in total. The number of Topliss-reactive ketones (excluding diaryl/α,β-unsaturated/α-hetero) is 1. The third-order valence-corrected chi connectivity index (χ3v) is 5.09. The summed E-state index contributed by atoms with van der Waals surface area (Å²) in [6, 6.07) is 7.30.